The summed E-state index contributed by atoms with van der Waals surface area (Å²) in [5.74, 6) is 0.557. The Bertz CT molecular complexity index is 1610. The monoisotopic (exact) mass is 583 g/mol. The van der Waals surface area contributed by atoms with Crippen molar-refractivity contribution < 1.29 is 17.9 Å². The third kappa shape index (κ3) is 6.53. The minimum absolute atomic E-state index is 0.109. The predicted octanol–water partition coefficient (Wildman–Crippen LogP) is 5.13. The lowest BCUT2D eigenvalue weighted by Crippen LogP contribution is -2.47. The summed E-state index contributed by atoms with van der Waals surface area (Å²) < 4.78 is 38.0. The van der Waals surface area contributed by atoms with Crippen LogP contribution >= 0.6 is 11.5 Å². The second kappa shape index (κ2) is 11.0. The summed E-state index contributed by atoms with van der Waals surface area (Å²) in [6.45, 7) is 8.47. The SMILES string of the molecule is Cc1cc(Nc2nc(N[C@@H]3CCCN(C(=O)OC(C)(C)C)C3)c3ccn(S(=O)(=O)Cc4ccccc4)c3n2)sn1. The highest BCUT2D eigenvalue weighted by atomic mass is 32.2. The molecule has 4 heterocycles. The van der Waals surface area contributed by atoms with E-state index < -0.39 is 15.6 Å². The molecule has 2 N–H and O–H groups in total. The zero-order valence-electron chi connectivity index (χ0n) is 22.9. The lowest BCUT2D eigenvalue weighted by atomic mass is 10.1. The molecule has 40 heavy (non-hydrogen) atoms. The molecule has 1 aromatic carbocycles. The zero-order chi connectivity index (χ0) is 28.5. The molecule has 212 valence electrons. The van der Waals surface area contributed by atoms with Crippen molar-refractivity contribution in [3.8, 4) is 0 Å². The lowest BCUT2D eigenvalue weighted by Gasteiger charge is -2.34. The van der Waals surface area contributed by atoms with E-state index in [2.05, 4.69) is 20.0 Å². The van der Waals surface area contributed by atoms with E-state index >= 15 is 0 Å². The van der Waals surface area contributed by atoms with Gasteiger partial charge in [0.05, 0.1) is 16.8 Å². The molecule has 1 atom stereocenters. The van der Waals surface area contributed by atoms with Crippen LogP contribution in [0, 0.1) is 6.92 Å². The fourth-order valence-electron chi connectivity index (χ4n) is 4.55. The van der Waals surface area contributed by atoms with Crippen LogP contribution in [0.1, 0.15) is 44.9 Å². The van der Waals surface area contributed by atoms with Crippen LogP contribution in [0.25, 0.3) is 11.0 Å². The molecule has 0 saturated carbocycles. The number of carbonyl (C=O) groups excluding carboxylic acids is 1. The number of likely N-dealkylation sites (tertiary alicyclic amines) is 1. The van der Waals surface area contributed by atoms with Crippen molar-refractivity contribution >= 4 is 55.4 Å². The standard InChI is InChI=1S/C27H33N7O4S2/c1-18-15-22(39-32-18)29-25-30-23(28-20-11-8-13-33(16-20)26(35)38-27(2,3)4)21-12-14-34(24(21)31-25)40(36,37)17-19-9-6-5-7-10-19/h5-7,9-10,12,14-15,20H,8,11,13,16-17H2,1-4H3,(H2,28,29,30,31)/t20-/m1/s1. The molecule has 0 radical (unpaired) electrons. The Morgan fingerprint density at radius 1 is 1.18 bits per heavy atom. The van der Waals surface area contributed by atoms with Gasteiger partial charge < -0.3 is 20.3 Å². The Labute approximate surface area is 237 Å². The average Bonchev–Trinajstić information content (AvgIpc) is 3.50. The van der Waals surface area contributed by atoms with E-state index in [9.17, 15) is 13.2 Å². The highest BCUT2D eigenvalue weighted by Gasteiger charge is 2.29. The summed E-state index contributed by atoms with van der Waals surface area (Å²) in [6, 6.07) is 12.5. The molecule has 0 bridgehead atoms. The normalized spacial score (nSPS) is 16.2. The van der Waals surface area contributed by atoms with Gasteiger partial charge in [0.2, 0.25) is 16.0 Å². The van der Waals surface area contributed by atoms with Gasteiger partial charge in [-0.1, -0.05) is 30.3 Å². The summed E-state index contributed by atoms with van der Waals surface area (Å²) in [5, 5.41) is 7.93. The highest BCUT2D eigenvalue weighted by molar-refractivity contribution is 7.89. The fraction of sp³-hybridized carbons (Fsp3) is 0.407. The van der Waals surface area contributed by atoms with Gasteiger partial charge in [0, 0.05) is 25.3 Å². The lowest BCUT2D eigenvalue weighted by molar-refractivity contribution is 0.0206. The van der Waals surface area contributed by atoms with Crippen molar-refractivity contribution in [2.24, 2.45) is 0 Å². The number of anilines is 3. The van der Waals surface area contributed by atoms with E-state index in [0.29, 0.717) is 29.9 Å². The van der Waals surface area contributed by atoms with Gasteiger partial charge in [-0.3, -0.25) is 0 Å². The number of nitrogens with zero attached hydrogens (tertiary/aromatic N) is 5. The van der Waals surface area contributed by atoms with Crippen molar-refractivity contribution in [3.05, 3.63) is 59.9 Å². The Morgan fingerprint density at radius 3 is 2.65 bits per heavy atom. The first-order valence-corrected chi connectivity index (χ1v) is 15.5. The number of aromatic nitrogens is 4. The molecule has 0 spiro atoms. The van der Waals surface area contributed by atoms with E-state index in [0.717, 1.165) is 23.5 Å². The van der Waals surface area contributed by atoms with Crippen LogP contribution in [0.15, 0.2) is 48.7 Å². The summed E-state index contributed by atoms with van der Waals surface area (Å²) in [6.07, 6.45) is 2.77. The molecule has 1 fully saturated rings. The van der Waals surface area contributed by atoms with Crippen LogP contribution in [-0.4, -0.2) is 62.5 Å². The first-order valence-electron chi connectivity index (χ1n) is 13.1. The van der Waals surface area contributed by atoms with Crippen molar-refractivity contribution in [1.29, 1.82) is 0 Å². The van der Waals surface area contributed by atoms with Crippen LogP contribution < -0.4 is 10.6 Å². The third-order valence-corrected chi connectivity index (χ3v) is 8.67. The van der Waals surface area contributed by atoms with E-state index in [1.54, 1.807) is 23.1 Å². The van der Waals surface area contributed by atoms with Crippen LogP contribution in [0.2, 0.25) is 0 Å². The highest BCUT2D eigenvalue weighted by Crippen LogP contribution is 2.29. The molecule has 1 amide bonds. The number of carbonyl (C=O) groups is 1. The van der Waals surface area contributed by atoms with Gasteiger partial charge in [-0.2, -0.15) is 14.3 Å². The van der Waals surface area contributed by atoms with E-state index in [1.165, 1.54) is 21.7 Å². The molecule has 11 nitrogen and oxygen atoms in total. The largest absolute Gasteiger partial charge is 0.444 e. The number of aryl methyl sites for hydroxylation is 1. The maximum Gasteiger partial charge on any atom is 0.410 e. The second-order valence-corrected chi connectivity index (χ2v) is 13.5. The molecule has 0 aliphatic carbocycles. The molecule has 1 aliphatic rings. The van der Waals surface area contributed by atoms with Crippen molar-refractivity contribution in [2.75, 3.05) is 23.7 Å². The van der Waals surface area contributed by atoms with Gasteiger partial charge in [0.15, 0.2) is 5.65 Å². The molecule has 1 saturated heterocycles. The summed E-state index contributed by atoms with van der Waals surface area (Å²) in [7, 11) is -3.78. The van der Waals surface area contributed by atoms with E-state index in [4.69, 9.17) is 9.72 Å². The molecular formula is C27H33N7O4S2. The van der Waals surface area contributed by atoms with Crippen molar-refractivity contribution in [3.63, 3.8) is 0 Å². The first-order chi connectivity index (χ1) is 19.0. The molecule has 5 rings (SSSR count). The summed E-state index contributed by atoms with van der Waals surface area (Å²) >= 11 is 1.27. The minimum Gasteiger partial charge on any atom is -0.444 e. The van der Waals surface area contributed by atoms with Crippen molar-refractivity contribution in [1.82, 2.24) is 23.2 Å². The van der Waals surface area contributed by atoms with Gasteiger partial charge in [0.1, 0.15) is 16.4 Å². The number of benzene rings is 1. The third-order valence-electron chi connectivity index (χ3n) is 6.28. The van der Waals surface area contributed by atoms with Gasteiger partial charge in [-0.05, 0) is 69.8 Å². The summed E-state index contributed by atoms with van der Waals surface area (Å²) in [5.41, 5.74) is 1.21. The number of rotatable bonds is 7. The second-order valence-electron chi connectivity index (χ2n) is 10.9. The smallest absolute Gasteiger partial charge is 0.410 e. The quantitative estimate of drug-likeness (QED) is 0.304. The molecule has 13 heteroatoms. The first kappa shape index (κ1) is 27.8. The number of ether oxygens (including phenoxy) is 1. The molecular weight excluding hydrogens is 550 g/mol. The molecule has 0 unspecified atom stereocenters. The molecule has 4 aromatic rings. The maximum absolute atomic E-state index is 13.5. The van der Waals surface area contributed by atoms with Crippen LogP contribution in [0.3, 0.4) is 0 Å². The molecule has 3 aromatic heterocycles. The summed E-state index contributed by atoms with van der Waals surface area (Å²) in [4.78, 5) is 23.7. The predicted molar refractivity (Wildman–Crippen MR) is 157 cm³/mol. The van der Waals surface area contributed by atoms with Gasteiger partial charge >= 0.3 is 6.09 Å². The molecule has 1 aliphatic heterocycles. The van der Waals surface area contributed by atoms with E-state index in [-0.39, 0.29) is 29.5 Å². The van der Waals surface area contributed by atoms with Gasteiger partial charge in [-0.15, -0.1) is 0 Å². The zero-order valence-corrected chi connectivity index (χ0v) is 24.6. The number of nitrogens with one attached hydrogen (secondary N) is 2. The van der Waals surface area contributed by atoms with E-state index in [1.807, 2.05) is 52.0 Å². The van der Waals surface area contributed by atoms with Crippen molar-refractivity contribution in [2.45, 2.75) is 57.9 Å². The number of piperidine rings is 1. The fourth-order valence-corrected chi connectivity index (χ4v) is 6.61. The van der Waals surface area contributed by atoms with Gasteiger partial charge in [0.25, 0.3) is 0 Å². The topological polar surface area (TPSA) is 131 Å². The minimum atomic E-state index is -3.78. The Hall–Kier alpha value is -3.71. The Morgan fingerprint density at radius 2 is 1.95 bits per heavy atom. The average molecular weight is 584 g/mol. The maximum atomic E-state index is 13.5. The Kier molecular flexibility index (Phi) is 7.69. The van der Waals surface area contributed by atoms with Crippen LogP contribution in [-0.2, 0) is 20.5 Å². The number of hydrogen-bond donors (Lipinski definition) is 2. The number of fused-ring (bicyclic) bond motifs is 1. The van der Waals surface area contributed by atoms with Crippen LogP contribution in [0.5, 0.6) is 0 Å². The van der Waals surface area contributed by atoms with Gasteiger partial charge in [-0.25, -0.2) is 17.2 Å². The Balaban J connectivity index is 1.48. The number of hydrogen-bond acceptors (Lipinski definition) is 10. The number of amides is 1. The van der Waals surface area contributed by atoms with Crippen LogP contribution in [0.4, 0.5) is 21.6 Å².